The van der Waals surface area contributed by atoms with Gasteiger partial charge in [-0.05, 0) is 38.3 Å². The van der Waals surface area contributed by atoms with Crippen molar-refractivity contribution in [3.8, 4) is 0 Å². The summed E-state index contributed by atoms with van der Waals surface area (Å²) in [5.41, 5.74) is 6.85. The van der Waals surface area contributed by atoms with Gasteiger partial charge in [0.2, 0.25) is 5.91 Å². The van der Waals surface area contributed by atoms with Gasteiger partial charge in [0, 0.05) is 24.2 Å². The first-order chi connectivity index (χ1) is 8.14. The molecule has 2 rings (SSSR count). The summed E-state index contributed by atoms with van der Waals surface area (Å²) in [4.78, 5) is 14.0. The Morgan fingerprint density at radius 1 is 1.35 bits per heavy atom. The quantitative estimate of drug-likeness (QED) is 0.866. The predicted molar refractivity (Wildman–Crippen MR) is 69.9 cm³/mol. The molecule has 1 amide bonds. The molecule has 17 heavy (non-hydrogen) atoms. The molecule has 0 saturated heterocycles. The van der Waals surface area contributed by atoms with Gasteiger partial charge in [0.05, 0.1) is 0 Å². The molecule has 92 valence electrons. The van der Waals surface area contributed by atoms with Crippen molar-refractivity contribution < 1.29 is 4.79 Å². The Bertz CT molecular complexity index is 384. The fourth-order valence-corrected chi connectivity index (χ4v) is 2.32. The van der Waals surface area contributed by atoms with Crippen LogP contribution in [0.25, 0.3) is 0 Å². The van der Waals surface area contributed by atoms with Crippen molar-refractivity contribution in [2.24, 2.45) is 5.73 Å². The molecule has 1 fully saturated rings. The number of carbonyl (C=O) groups is 1. The second-order valence-corrected chi connectivity index (χ2v) is 4.87. The van der Waals surface area contributed by atoms with Crippen molar-refractivity contribution in [1.82, 2.24) is 0 Å². The Morgan fingerprint density at radius 3 is 2.47 bits per heavy atom. The minimum Gasteiger partial charge on any atom is -0.325 e. The summed E-state index contributed by atoms with van der Waals surface area (Å²) >= 11 is 0. The molecular formula is C14H20N2O. The molecule has 0 bridgehead atoms. The van der Waals surface area contributed by atoms with E-state index in [0.717, 1.165) is 24.9 Å². The predicted octanol–water partition coefficient (Wildman–Crippen LogP) is 2.31. The summed E-state index contributed by atoms with van der Waals surface area (Å²) in [6.07, 6.45) is 3.58. The summed E-state index contributed by atoms with van der Waals surface area (Å²) in [5, 5.41) is 0. The zero-order chi connectivity index (χ0) is 12.3. The van der Waals surface area contributed by atoms with Gasteiger partial charge in [-0.3, -0.25) is 4.79 Å². The number of nitrogens with two attached hydrogens (primary N) is 1. The molecule has 2 N–H and O–H groups in total. The van der Waals surface area contributed by atoms with Gasteiger partial charge in [-0.2, -0.15) is 0 Å². The minimum absolute atomic E-state index is 0.140. The van der Waals surface area contributed by atoms with Crippen LogP contribution in [-0.4, -0.2) is 18.0 Å². The van der Waals surface area contributed by atoms with Crippen molar-refractivity contribution in [2.75, 3.05) is 11.4 Å². The average molecular weight is 232 g/mol. The number of hydrogen-bond donors (Lipinski definition) is 1. The van der Waals surface area contributed by atoms with Gasteiger partial charge in [0.25, 0.3) is 0 Å². The highest BCUT2D eigenvalue weighted by molar-refractivity contribution is 5.94. The highest BCUT2D eigenvalue weighted by Gasteiger charge is 2.35. The number of hydrogen-bond acceptors (Lipinski definition) is 2. The van der Waals surface area contributed by atoms with Crippen LogP contribution in [0.15, 0.2) is 30.3 Å². The Balaban J connectivity index is 2.05. The highest BCUT2D eigenvalue weighted by Crippen LogP contribution is 2.33. The molecule has 0 aromatic heterocycles. The van der Waals surface area contributed by atoms with Crippen LogP contribution in [0.3, 0.4) is 0 Å². The summed E-state index contributed by atoms with van der Waals surface area (Å²) < 4.78 is 0. The van der Waals surface area contributed by atoms with Crippen LogP contribution < -0.4 is 10.6 Å². The van der Waals surface area contributed by atoms with Crippen LogP contribution in [0.2, 0.25) is 0 Å². The fraction of sp³-hybridized carbons (Fsp3) is 0.500. The molecule has 1 aliphatic carbocycles. The van der Waals surface area contributed by atoms with Gasteiger partial charge in [-0.25, -0.2) is 0 Å². The molecule has 1 aliphatic rings. The topological polar surface area (TPSA) is 46.3 Å². The molecule has 0 aliphatic heterocycles. The smallest absolute Gasteiger partial charge is 0.228 e. The average Bonchev–Trinajstić information content (AvgIpc) is 2.29. The zero-order valence-corrected chi connectivity index (χ0v) is 10.4. The Morgan fingerprint density at radius 2 is 2.00 bits per heavy atom. The Kier molecular flexibility index (Phi) is 3.48. The number of rotatable bonds is 4. The first-order valence-electron chi connectivity index (χ1n) is 6.29. The summed E-state index contributed by atoms with van der Waals surface area (Å²) in [6, 6.07) is 9.79. The summed E-state index contributed by atoms with van der Waals surface area (Å²) in [6.45, 7) is 2.69. The van der Waals surface area contributed by atoms with E-state index in [1.54, 1.807) is 0 Å². The van der Waals surface area contributed by atoms with Crippen molar-refractivity contribution in [3.05, 3.63) is 30.3 Å². The SMILES string of the molecule is CCN(C(=O)CC1(N)CCC1)c1ccccc1. The van der Waals surface area contributed by atoms with E-state index in [2.05, 4.69) is 0 Å². The second-order valence-electron chi connectivity index (χ2n) is 4.87. The van der Waals surface area contributed by atoms with E-state index in [-0.39, 0.29) is 11.4 Å². The maximum atomic E-state index is 12.2. The number of para-hydroxylation sites is 1. The minimum atomic E-state index is -0.237. The number of benzene rings is 1. The molecule has 0 heterocycles. The standard InChI is InChI=1S/C14H20N2O/c1-2-16(12-7-4-3-5-8-12)13(17)11-14(15)9-6-10-14/h3-5,7-8H,2,6,9-11,15H2,1H3. The van der Waals surface area contributed by atoms with E-state index >= 15 is 0 Å². The van der Waals surface area contributed by atoms with Gasteiger partial charge < -0.3 is 10.6 Å². The largest absolute Gasteiger partial charge is 0.325 e. The van der Waals surface area contributed by atoms with Gasteiger partial charge >= 0.3 is 0 Å². The second kappa shape index (κ2) is 4.88. The molecule has 0 spiro atoms. The maximum absolute atomic E-state index is 12.2. The van der Waals surface area contributed by atoms with E-state index in [1.165, 1.54) is 0 Å². The van der Waals surface area contributed by atoms with E-state index in [1.807, 2.05) is 42.2 Å². The maximum Gasteiger partial charge on any atom is 0.228 e. The lowest BCUT2D eigenvalue weighted by atomic mass is 9.75. The first-order valence-corrected chi connectivity index (χ1v) is 6.29. The zero-order valence-electron chi connectivity index (χ0n) is 10.4. The monoisotopic (exact) mass is 232 g/mol. The third kappa shape index (κ3) is 2.67. The number of anilines is 1. The van der Waals surface area contributed by atoms with Gasteiger partial charge in [-0.15, -0.1) is 0 Å². The number of nitrogens with zero attached hydrogens (tertiary/aromatic N) is 1. The third-order valence-electron chi connectivity index (χ3n) is 3.54. The normalized spacial score (nSPS) is 17.3. The van der Waals surface area contributed by atoms with E-state index in [9.17, 15) is 4.79 Å². The summed E-state index contributed by atoms with van der Waals surface area (Å²) in [5.74, 6) is 0.140. The fourth-order valence-electron chi connectivity index (χ4n) is 2.32. The molecule has 0 atom stereocenters. The van der Waals surface area contributed by atoms with Crippen LogP contribution in [0.5, 0.6) is 0 Å². The van der Waals surface area contributed by atoms with Crippen LogP contribution in [-0.2, 0) is 4.79 Å². The molecule has 1 aromatic rings. The molecule has 0 radical (unpaired) electrons. The van der Waals surface area contributed by atoms with Crippen molar-refractivity contribution in [3.63, 3.8) is 0 Å². The molecule has 1 aromatic carbocycles. The van der Waals surface area contributed by atoms with Gasteiger partial charge in [-0.1, -0.05) is 18.2 Å². The molecule has 1 saturated carbocycles. The highest BCUT2D eigenvalue weighted by atomic mass is 16.2. The van der Waals surface area contributed by atoms with E-state index in [0.29, 0.717) is 13.0 Å². The molecule has 3 heteroatoms. The molecular weight excluding hydrogens is 212 g/mol. The number of carbonyl (C=O) groups excluding carboxylic acids is 1. The third-order valence-corrected chi connectivity index (χ3v) is 3.54. The Hall–Kier alpha value is -1.35. The lowest BCUT2D eigenvalue weighted by Crippen LogP contribution is -2.50. The van der Waals surface area contributed by atoms with Crippen molar-refractivity contribution in [1.29, 1.82) is 0 Å². The molecule has 0 unspecified atom stereocenters. The van der Waals surface area contributed by atoms with Crippen molar-refractivity contribution in [2.45, 2.75) is 38.1 Å². The molecule has 3 nitrogen and oxygen atoms in total. The van der Waals surface area contributed by atoms with E-state index in [4.69, 9.17) is 5.73 Å². The van der Waals surface area contributed by atoms with Gasteiger partial charge in [0.15, 0.2) is 0 Å². The van der Waals surface area contributed by atoms with Gasteiger partial charge in [0.1, 0.15) is 0 Å². The lowest BCUT2D eigenvalue weighted by Gasteiger charge is -2.38. The van der Waals surface area contributed by atoms with Crippen LogP contribution in [0, 0.1) is 0 Å². The number of amides is 1. The van der Waals surface area contributed by atoms with Crippen LogP contribution in [0.4, 0.5) is 5.69 Å². The van der Waals surface area contributed by atoms with Crippen molar-refractivity contribution >= 4 is 11.6 Å². The van der Waals surface area contributed by atoms with Crippen LogP contribution >= 0.6 is 0 Å². The lowest BCUT2D eigenvalue weighted by molar-refractivity contribution is -0.120. The van der Waals surface area contributed by atoms with Crippen LogP contribution in [0.1, 0.15) is 32.6 Å². The first kappa shape index (κ1) is 12.1. The van der Waals surface area contributed by atoms with E-state index < -0.39 is 0 Å². The Labute approximate surface area is 103 Å². The summed E-state index contributed by atoms with van der Waals surface area (Å²) in [7, 11) is 0.